The van der Waals surface area contributed by atoms with Crippen molar-refractivity contribution in [1.82, 2.24) is 29.5 Å². The summed E-state index contributed by atoms with van der Waals surface area (Å²) in [5.74, 6) is 0.937. The second kappa shape index (κ2) is 6.48. The molecule has 0 bridgehead atoms. The fourth-order valence-corrected chi connectivity index (χ4v) is 4.26. The quantitative estimate of drug-likeness (QED) is 0.441. The van der Waals surface area contributed by atoms with Gasteiger partial charge in [0.1, 0.15) is 17.8 Å². The van der Waals surface area contributed by atoms with Gasteiger partial charge < -0.3 is 18.6 Å². The van der Waals surface area contributed by atoms with E-state index in [9.17, 15) is 0 Å². The van der Waals surface area contributed by atoms with E-state index in [1.807, 2.05) is 36.0 Å². The summed E-state index contributed by atoms with van der Waals surface area (Å²) in [7, 11) is 3.53. The zero-order valence-corrected chi connectivity index (χ0v) is 17.0. The molecule has 4 aromatic rings. The van der Waals surface area contributed by atoms with E-state index in [1.165, 1.54) is 0 Å². The molecule has 0 aliphatic carbocycles. The Morgan fingerprint density at radius 2 is 2.16 bits per heavy atom. The van der Waals surface area contributed by atoms with Gasteiger partial charge in [-0.3, -0.25) is 4.68 Å². The van der Waals surface area contributed by atoms with Crippen molar-refractivity contribution in [1.29, 1.82) is 0 Å². The number of hydrogen-bond donors (Lipinski definition) is 0. The molecule has 6 rings (SSSR count). The van der Waals surface area contributed by atoms with E-state index in [1.54, 1.807) is 18.1 Å². The van der Waals surface area contributed by atoms with Crippen LogP contribution in [-0.4, -0.2) is 49.8 Å². The maximum Gasteiger partial charge on any atom is 0.267 e. The summed E-state index contributed by atoms with van der Waals surface area (Å²) in [6.07, 6.45) is 4.47. The van der Waals surface area contributed by atoms with E-state index >= 15 is 4.39 Å². The van der Waals surface area contributed by atoms with Crippen LogP contribution >= 0.6 is 0 Å². The van der Waals surface area contributed by atoms with Crippen LogP contribution in [0.2, 0.25) is 0 Å². The van der Waals surface area contributed by atoms with Gasteiger partial charge >= 0.3 is 0 Å². The third-order valence-electron chi connectivity index (χ3n) is 5.84. The average molecular weight is 422 g/mol. The summed E-state index contributed by atoms with van der Waals surface area (Å²) in [6.45, 7) is 0.252. The first-order chi connectivity index (χ1) is 15.1. The minimum Gasteiger partial charge on any atom is -0.497 e. The van der Waals surface area contributed by atoms with Crippen LogP contribution in [0.15, 0.2) is 35.2 Å². The smallest absolute Gasteiger partial charge is 0.267 e. The Morgan fingerprint density at radius 3 is 2.97 bits per heavy atom. The van der Waals surface area contributed by atoms with Gasteiger partial charge in [0, 0.05) is 37.2 Å². The minimum atomic E-state index is -1.75. The summed E-state index contributed by atoms with van der Waals surface area (Å²) >= 11 is 0. The van der Waals surface area contributed by atoms with E-state index in [0.29, 0.717) is 18.7 Å². The topological polar surface area (TPSA) is 93.0 Å². The lowest BCUT2D eigenvalue weighted by Gasteiger charge is -2.11. The summed E-state index contributed by atoms with van der Waals surface area (Å²) in [4.78, 5) is 8.90. The molecule has 1 unspecified atom stereocenters. The van der Waals surface area contributed by atoms with Gasteiger partial charge in [-0.25, -0.2) is 9.37 Å². The molecule has 0 N–H and O–H groups in total. The average Bonchev–Trinajstić information content (AvgIpc) is 3.54. The number of methoxy groups -OCH3 is 1. The highest BCUT2D eigenvalue weighted by Gasteiger charge is 2.43. The van der Waals surface area contributed by atoms with Crippen molar-refractivity contribution in [3.05, 3.63) is 47.9 Å². The molecule has 9 nitrogen and oxygen atoms in total. The number of benzene rings is 1. The van der Waals surface area contributed by atoms with Crippen LogP contribution in [0.1, 0.15) is 23.6 Å². The lowest BCUT2D eigenvalue weighted by Crippen LogP contribution is -2.20. The van der Waals surface area contributed by atoms with Gasteiger partial charge in [-0.2, -0.15) is 10.1 Å². The van der Waals surface area contributed by atoms with Crippen molar-refractivity contribution < 1.29 is 18.4 Å². The minimum absolute atomic E-state index is 0.0671. The largest absolute Gasteiger partial charge is 0.497 e. The fourth-order valence-electron chi connectivity index (χ4n) is 4.26. The highest BCUT2D eigenvalue weighted by Crippen LogP contribution is 2.39. The zero-order valence-electron chi connectivity index (χ0n) is 17.0. The first kappa shape index (κ1) is 18.3. The Bertz CT molecular complexity index is 1300. The van der Waals surface area contributed by atoms with Crippen molar-refractivity contribution in [2.45, 2.75) is 18.5 Å². The predicted molar refractivity (Wildman–Crippen MR) is 107 cm³/mol. The third-order valence-corrected chi connectivity index (χ3v) is 5.84. The van der Waals surface area contributed by atoms with Crippen molar-refractivity contribution in [3.63, 3.8) is 0 Å². The Morgan fingerprint density at radius 1 is 1.26 bits per heavy atom. The third kappa shape index (κ3) is 2.71. The number of aromatic nitrogens is 6. The maximum absolute atomic E-state index is 15.0. The second-order valence-electron chi connectivity index (χ2n) is 7.84. The molecule has 5 heterocycles. The van der Waals surface area contributed by atoms with Crippen LogP contribution in [0.25, 0.3) is 28.5 Å². The fraction of sp³-hybridized carbons (Fsp3) is 0.333. The maximum atomic E-state index is 15.0. The molecule has 0 saturated carbocycles. The Labute approximate surface area is 176 Å². The molecule has 2 aliphatic rings. The van der Waals surface area contributed by atoms with Crippen molar-refractivity contribution in [2.75, 3.05) is 20.3 Å². The molecule has 1 fully saturated rings. The number of nitrogens with zero attached hydrogens (tertiary/aromatic N) is 6. The van der Waals surface area contributed by atoms with Crippen molar-refractivity contribution in [2.24, 2.45) is 7.05 Å². The molecule has 1 aromatic carbocycles. The highest BCUT2D eigenvalue weighted by molar-refractivity contribution is 5.77. The molecular formula is C21H19FN6O3. The molecule has 1 atom stereocenters. The van der Waals surface area contributed by atoms with Crippen LogP contribution < -0.4 is 4.74 Å². The standard InChI is InChI=1S/C21H19FN6O3/c1-27-9-12-7-16-18(19-24-20(31-26-19)21(22)5-6-30-10-21)23-11-28(16)15-4-3-13(29-2)8-14(15)17(12)25-27/h3-4,8-9,11H,5-7,10H2,1-2H3. The van der Waals surface area contributed by atoms with Crippen LogP contribution in [0, 0.1) is 0 Å². The number of hydrogen-bond acceptors (Lipinski definition) is 7. The molecular weight excluding hydrogens is 403 g/mol. The predicted octanol–water partition coefficient (Wildman–Crippen LogP) is 2.82. The van der Waals surface area contributed by atoms with Gasteiger partial charge in [0.2, 0.25) is 11.5 Å². The SMILES string of the molecule is COc1ccc2c(c1)-c1nn(C)cc1Cc1c(-c3noc(C4(F)CCOC4)n3)ncn1-2. The summed E-state index contributed by atoms with van der Waals surface area (Å²) in [5.41, 5.74) is 3.45. The van der Waals surface area contributed by atoms with Gasteiger partial charge in [0.05, 0.1) is 37.4 Å². The van der Waals surface area contributed by atoms with Crippen LogP contribution in [0.5, 0.6) is 5.75 Å². The first-order valence-electron chi connectivity index (χ1n) is 9.94. The Kier molecular flexibility index (Phi) is 3.82. The molecule has 0 spiro atoms. The number of halogens is 1. The normalized spacial score (nSPS) is 19.6. The molecule has 2 aliphatic heterocycles. The number of rotatable bonds is 3. The summed E-state index contributed by atoms with van der Waals surface area (Å²) in [5, 5.41) is 8.71. The summed E-state index contributed by atoms with van der Waals surface area (Å²) in [6, 6.07) is 5.84. The lowest BCUT2D eigenvalue weighted by molar-refractivity contribution is 0.0807. The van der Waals surface area contributed by atoms with Crippen molar-refractivity contribution >= 4 is 0 Å². The molecule has 0 radical (unpaired) electrons. The molecule has 10 heteroatoms. The van der Waals surface area contributed by atoms with Gasteiger partial charge in [-0.05, 0) is 18.2 Å². The van der Waals surface area contributed by atoms with E-state index in [0.717, 1.165) is 34.0 Å². The summed E-state index contributed by atoms with van der Waals surface area (Å²) < 4.78 is 34.7. The second-order valence-corrected chi connectivity index (χ2v) is 7.84. The number of aryl methyl sites for hydroxylation is 1. The van der Waals surface area contributed by atoms with E-state index in [2.05, 4.69) is 20.2 Å². The zero-order chi connectivity index (χ0) is 21.2. The van der Waals surface area contributed by atoms with Gasteiger partial charge in [-0.15, -0.1) is 0 Å². The molecule has 0 amide bonds. The lowest BCUT2D eigenvalue weighted by atomic mass is 10.0. The van der Waals surface area contributed by atoms with E-state index in [4.69, 9.17) is 14.0 Å². The molecule has 31 heavy (non-hydrogen) atoms. The van der Waals surface area contributed by atoms with Gasteiger partial charge in [0.25, 0.3) is 5.89 Å². The van der Waals surface area contributed by atoms with E-state index in [-0.39, 0.29) is 24.7 Å². The Hall–Kier alpha value is -3.53. The number of ether oxygens (including phenoxy) is 2. The molecule has 1 saturated heterocycles. The Balaban J connectivity index is 1.51. The number of imidazole rings is 1. The monoisotopic (exact) mass is 422 g/mol. The van der Waals surface area contributed by atoms with Crippen LogP contribution in [-0.2, 0) is 23.9 Å². The van der Waals surface area contributed by atoms with Crippen LogP contribution in [0.4, 0.5) is 4.39 Å². The van der Waals surface area contributed by atoms with Gasteiger partial charge in [0.15, 0.2) is 0 Å². The van der Waals surface area contributed by atoms with Crippen molar-refractivity contribution in [3.8, 4) is 34.2 Å². The number of alkyl halides is 1. The first-order valence-corrected chi connectivity index (χ1v) is 9.94. The molecule has 158 valence electrons. The van der Waals surface area contributed by atoms with Gasteiger partial charge in [-0.1, -0.05) is 5.16 Å². The number of fused-ring (bicyclic) bond motifs is 5. The van der Waals surface area contributed by atoms with E-state index < -0.39 is 5.67 Å². The molecule has 3 aromatic heterocycles. The van der Waals surface area contributed by atoms with Crippen LogP contribution in [0.3, 0.4) is 0 Å². The highest BCUT2D eigenvalue weighted by atomic mass is 19.1.